The van der Waals surface area contributed by atoms with E-state index in [1.807, 2.05) is 0 Å². The number of amides is 1. The number of hydrogen-bond acceptors (Lipinski definition) is 5. The highest BCUT2D eigenvalue weighted by Crippen LogP contribution is 2.39. The number of nitrogens with one attached hydrogen (secondary N) is 1. The molecule has 0 unspecified atom stereocenters. The zero-order valence-electron chi connectivity index (χ0n) is 15.1. The van der Waals surface area contributed by atoms with Crippen LogP contribution in [-0.2, 0) is 6.54 Å². The van der Waals surface area contributed by atoms with Crippen LogP contribution in [0.5, 0.6) is 17.2 Å². The summed E-state index contributed by atoms with van der Waals surface area (Å²) in [6.07, 6.45) is 0. The molecule has 0 aromatic heterocycles. The van der Waals surface area contributed by atoms with Gasteiger partial charge in [0.25, 0.3) is 5.91 Å². The van der Waals surface area contributed by atoms with Gasteiger partial charge in [-0.3, -0.25) is 4.79 Å². The highest BCUT2D eigenvalue weighted by Gasteiger charge is 2.17. The molecule has 0 radical (unpaired) electrons. The molecule has 0 heterocycles. The second-order valence-corrected chi connectivity index (χ2v) is 5.57. The smallest absolute Gasteiger partial charge is 0.335 e. The van der Waals surface area contributed by atoms with Gasteiger partial charge in [-0.2, -0.15) is 0 Å². The molecule has 0 aliphatic carbocycles. The van der Waals surface area contributed by atoms with E-state index in [-0.39, 0.29) is 23.6 Å². The first-order chi connectivity index (χ1) is 12.4. The molecule has 0 atom stereocenters. The van der Waals surface area contributed by atoms with Crippen molar-refractivity contribution in [2.24, 2.45) is 0 Å². The summed E-state index contributed by atoms with van der Waals surface area (Å²) in [5.41, 5.74) is 1.74. The lowest BCUT2D eigenvalue weighted by atomic mass is 10.1. The fourth-order valence-corrected chi connectivity index (χ4v) is 2.62. The summed E-state index contributed by atoms with van der Waals surface area (Å²) in [5.74, 6) is -0.0466. The molecule has 7 heteroatoms. The summed E-state index contributed by atoms with van der Waals surface area (Å²) in [6, 6.07) is 7.97. The number of carboxylic acids is 1. The molecule has 2 N–H and O–H groups in total. The third kappa shape index (κ3) is 4.05. The second-order valence-electron chi connectivity index (χ2n) is 5.57. The topological polar surface area (TPSA) is 94.1 Å². The molecular weight excluding hydrogens is 338 g/mol. The van der Waals surface area contributed by atoms with Crippen LogP contribution in [0.2, 0.25) is 0 Å². The van der Waals surface area contributed by atoms with Gasteiger partial charge in [0, 0.05) is 17.7 Å². The zero-order valence-corrected chi connectivity index (χ0v) is 15.1. The average molecular weight is 359 g/mol. The molecule has 0 fully saturated rings. The fourth-order valence-electron chi connectivity index (χ4n) is 2.62. The highest BCUT2D eigenvalue weighted by molar-refractivity contribution is 5.97. The lowest BCUT2D eigenvalue weighted by molar-refractivity contribution is 0.0696. The van der Waals surface area contributed by atoms with Crippen LogP contribution in [0, 0.1) is 6.92 Å². The Morgan fingerprint density at radius 3 is 2.19 bits per heavy atom. The molecule has 7 nitrogen and oxygen atoms in total. The van der Waals surface area contributed by atoms with E-state index in [2.05, 4.69) is 5.32 Å². The minimum Gasteiger partial charge on any atom is -0.493 e. The Bertz CT molecular complexity index is 831. The van der Waals surface area contributed by atoms with Crippen molar-refractivity contribution < 1.29 is 28.9 Å². The van der Waals surface area contributed by atoms with Crippen LogP contribution in [0.25, 0.3) is 0 Å². The first-order valence-corrected chi connectivity index (χ1v) is 7.82. The van der Waals surface area contributed by atoms with Crippen molar-refractivity contribution in [3.63, 3.8) is 0 Å². The molecule has 2 aromatic carbocycles. The summed E-state index contributed by atoms with van der Waals surface area (Å²) < 4.78 is 15.9. The molecule has 0 aliphatic rings. The summed E-state index contributed by atoms with van der Waals surface area (Å²) in [6.45, 7) is 1.92. The maximum atomic E-state index is 12.4. The van der Waals surface area contributed by atoms with E-state index >= 15 is 0 Å². The predicted octanol–water partition coefficient (Wildman–Crippen LogP) is 2.65. The van der Waals surface area contributed by atoms with E-state index in [9.17, 15) is 9.59 Å². The number of methoxy groups -OCH3 is 3. The monoisotopic (exact) mass is 359 g/mol. The zero-order chi connectivity index (χ0) is 19.3. The van der Waals surface area contributed by atoms with E-state index < -0.39 is 5.97 Å². The van der Waals surface area contributed by atoms with Crippen molar-refractivity contribution in [1.29, 1.82) is 0 Å². The second kappa shape index (κ2) is 8.24. The van der Waals surface area contributed by atoms with Crippen molar-refractivity contribution >= 4 is 11.9 Å². The van der Waals surface area contributed by atoms with Gasteiger partial charge in [0.05, 0.1) is 26.9 Å². The maximum Gasteiger partial charge on any atom is 0.335 e. The molecule has 0 bridgehead atoms. The van der Waals surface area contributed by atoms with Gasteiger partial charge in [0.2, 0.25) is 5.75 Å². The van der Waals surface area contributed by atoms with Crippen molar-refractivity contribution in [2.75, 3.05) is 21.3 Å². The molecule has 0 saturated heterocycles. The maximum absolute atomic E-state index is 12.4. The van der Waals surface area contributed by atoms with Gasteiger partial charge in [-0.25, -0.2) is 4.79 Å². The van der Waals surface area contributed by atoms with Crippen molar-refractivity contribution in [1.82, 2.24) is 5.32 Å². The number of ether oxygens (including phenoxy) is 3. The third-order valence-corrected chi connectivity index (χ3v) is 3.81. The summed E-state index contributed by atoms with van der Waals surface area (Å²) in [4.78, 5) is 23.6. The first kappa shape index (κ1) is 19.1. The van der Waals surface area contributed by atoms with Gasteiger partial charge in [0.1, 0.15) is 0 Å². The number of carbonyl (C=O) groups excluding carboxylic acids is 1. The van der Waals surface area contributed by atoms with Crippen LogP contribution in [-0.4, -0.2) is 38.3 Å². The molecule has 0 spiro atoms. The van der Waals surface area contributed by atoms with Gasteiger partial charge < -0.3 is 24.6 Å². The summed E-state index contributed by atoms with van der Waals surface area (Å²) in [5, 5.41) is 11.9. The first-order valence-electron chi connectivity index (χ1n) is 7.82. The van der Waals surface area contributed by atoms with Crippen molar-refractivity contribution in [2.45, 2.75) is 13.5 Å². The standard InChI is InChI=1S/C19H21NO6/c1-11-7-13(9-14(8-11)19(22)23)18(21)20-10-12-5-6-15(24-2)17(26-4)16(12)25-3/h5-9H,10H2,1-4H3,(H,20,21)(H,22,23). The van der Waals surface area contributed by atoms with Crippen LogP contribution in [0.4, 0.5) is 0 Å². The quantitative estimate of drug-likeness (QED) is 0.789. The van der Waals surface area contributed by atoms with E-state index in [0.717, 1.165) is 0 Å². The van der Waals surface area contributed by atoms with Crippen LogP contribution in [0.3, 0.4) is 0 Å². The van der Waals surface area contributed by atoms with Gasteiger partial charge in [0.15, 0.2) is 11.5 Å². The Labute approximate surface area is 151 Å². The summed E-state index contributed by atoms with van der Waals surface area (Å²) in [7, 11) is 4.53. The van der Waals surface area contributed by atoms with E-state index in [4.69, 9.17) is 19.3 Å². The number of carboxylic acid groups (broad SMARTS) is 1. The van der Waals surface area contributed by atoms with Gasteiger partial charge >= 0.3 is 5.97 Å². The van der Waals surface area contributed by atoms with Crippen LogP contribution >= 0.6 is 0 Å². The number of carbonyl (C=O) groups is 2. The molecular formula is C19H21NO6. The van der Waals surface area contributed by atoms with E-state index in [0.29, 0.717) is 28.4 Å². The lowest BCUT2D eigenvalue weighted by Gasteiger charge is -2.16. The minimum absolute atomic E-state index is 0.0684. The fraction of sp³-hybridized carbons (Fsp3) is 0.263. The molecule has 2 rings (SSSR count). The SMILES string of the molecule is COc1ccc(CNC(=O)c2cc(C)cc(C(=O)O)c2)c(OC)c1OC. The van der Waals surface area contributed by atoms with Crippen molar-refractivity contribution in [3.05, 3.63) is 52.6 Å². The predicted molar refractivity (Wildman–Crippen MR) is 95.4 cm³/mol. The Morgan fingerprint density at radius 2 is 1.62 bits per heavy atom. The molecule has 0 aliphatic heterocycles. The largest absolute Gasteiger partial charge is 0.493 e. The third-order valence-electron chi connectivity index (χ3n) is 3.81. The van der Waals surface area contributed by atoms with Gasteiger partial charge in [-0.05, 0) is 42.8 Å². The minimum atomic E-state index is -1.08. The number of aryl methyl sites for hydroxylation is 1. The van der Waals surface area contributed by atoms with Crippen LogP contribution < -0.4 is 19.5 Å². The summed E-state index contributed by atoms with van der Waals surface area (Å²) >= 11 is 0. The Balaban J connectivity index is 2.24. The Hall–Kier alpha value is -3.22. The van der Waals surface area contributed by atoms with Crippen LogP contribution in [0.15, 0.2) is 30.3 Å². The molecule has 1 amide bonds. The average Bonchev–Trinajstić information content (AvgIpc) is 2.64. The molecule has 26 heavy (non-hydrogen) atoms. The van der Waals surface area contributed by atoms with Gasteiger partial charge in [-0.1, -0.05) is 0 Å². The Kier molecular flexibility index (Phi) is 6.06. The van der Waals surface area contributed by atoms with Crippen molar-refractivity contribution in [3.8, 4) is 17.2 Å². The van der Waals surface area contributed by atoms with E-state index in [1.54, 1.807) is 25.1 Å². The number of rotatable bonds is 7. The van der Waals surface area contributed by atoms with Gasteiger partial charge in [-0.15, -0.1) is 0 Å². The normalized spacial score (nSPS) is 10.2. The van der Waals surface area contributed by atoms with Crippen LogP contribution in [0.1, 0.15) is 31.8 Å². The number of benzene rings is 2. The lowest BCUT2D eigenvalue weighted by Crippen LogP contribution is -2.23. The Morgan fingerprint density at radius 1 is 0.962 bits per heavy atom. The number of hydrogen-bond donors (Lipinski definition) is 2. The molecule has 138 valence electrons. The number of aromatic carboxylic acids is 1. The highest BCUT2D eigenvalue weighted by atomic mass is 16.5. The molecule has 2 aromatic rings. The van der Waals surface area contributed by atoms with E-state index in [1.165, 1.54) is 33.5 Å². The molecule has 0 saturated carbocycles.